The van der Waals surface area contributed by atoms with Gasteiger partial charge in [0, 0.05) is 21.8 Å². The third-order valence-electron chi connectivity index (χ3n) is 5.78. The molecule has 1 N–H and O–H groups in total. The first-order valence-electron chi connectivity index (χ1n) is 8.66. The van der Waals surface area contributed by atoms with Crippen LogP contribution in [-0.4, -0.2) is 6.04 Å². The van der Waals surface area contributed by atoms with E-state index >= 15 is 0 Å². The molecule has 2 heteroatoms. The van der Waals surface area contributed by atoms with Crippen molar-refractivity contribution in [2.75, 3.05) is 0 Å². The van der Waals surface area contributed by atoms with Crippen molar-refractivity contribution >= 4 is 11.3 Å². The predicted octanol–water partition coefficient (Wildman–Crippen LogP) is 6.01. The molecule has 2 rings (SSSR count). The van der Waals surface area contributed by atoms with Crippen molar-refractivity contribution in [3.05, 3.63) is 21.4 Å². The maximum atomic E-state index is 3.89. The van der Waals surface area contributed by atoms with Crippen LogP contribution in [0.25, 0.3) is 0 Å². The first-order chi connectivity index (χ1) is 9.83. The van der Waals surface area contributed by atoms with E-state index in [2.05, 4.69) is 52.9 Å². The Kier molecular flexibility index (Phi) is 5.54. The Morgan fingerprint density at radius 2 is 1.86 bits per heavy atom. The summed E-state index contributed by atoms with van der Waals surface area (Å²) in [6, 6.07) is 3.57. The SMILES string of the molecule is CCC(C)(C)C1CCC(NC(C)c2cc(C)sc2C)CC1. The predicted molar refractivity (Wildman–Crippen MR) is 95.2 cm³/mol. The van der Waals surface area contributed by atoms with Crippen molar-refractivity contribution in [1.82, 2.24) is 5.32 Å². The summed E-state index contributed by atoms with van der Waals surface area (Å²) >= 11 is 1.93. The molecule has 1 nitrogen and oxygen atoms in total. The van der Waals surface area contributed by atoms with Crippen LogP contribution >= 0.6 is 11.3 Å². The maximum Gasteiger partial charge on any atom is 0.0305 e. The first-order valence-corrected chi connectivity index (χ1v) is 9.48. The molecule has 1 saturated carbocycles. The fourth-order valence-electron chi connectivity index (χ4n) is 3.85. The summed E-state index contributed by atoms with van der Waals surface area (Å²) in [4.78, 5) is 2.91. The van der Waals surface area contributed by atoms with Gasteiger partial charge in [-0.15, -0.1) is 11.3 Å². The second kappa shape index (κ2) is 6.83. The van der Waals surface area contributed by atoms with Crippen LogP contribution in [0, 0.1) is 25.2 Å². The zero-order valence-electron chi connectivity index (χ0n) is 14.8. The fourth-order valence-corrected chi connectivity index (χ4v) is 4.88. The highest BCUT2D eigenvalue weighted by Gasteiger charge is 2.32. The fraction of sp³-hybridized carbons (Fsp3) is 0.789. The summed E-state index contributed by atoms with van der Waals surface area (Å²) in [6.07, 6.45) is 6.79. The minimum absolute atomic E-state index is 0.496. The third kappa shape index (κ3) is 4.10. The van der Waals surface area contributed by atoms with Gasteiger partial charge in [0.2, 0.25) is 0 Å². The van der Waals surface area contributed by atoms with Crippen LogP contribution < -0.4 is 5.32 Å². The average Bonchev–Trinajstić information content (AvgIpc) is 2.78. The van der Waals surface area contributed by atoms with Crippen molar-refractivity contribution in [3.63, 3.8) is 0 Å². The molecular formula is C19H33NS. The standard InChI is InChI=1S/C19H33NS/c1-7-19(5,6)16-8-10-17(11-9-16)20-14(3)18-12-13(2)21-15(18)4/h12,14,16-17,20H,7-11H2,1-6H3. The van der Waals surface area contributed by atoms with Gasteiger partial charge in [0.1, 0.15) is 0 Å². The van der Waals surface area contributed by atoms with Crippen LogP contribution in [-0.2, 0) is 0 Å². The van der Waals surface area contributed by atoms with Gasteiger partial charge in [0.15, 0.2) is 0 Å². The number of nitrogens with one attached hydrogen (secondary N) is 1. The minimum Gasteiger partial charge on any atom is -0.307 e. The van der Waals surface area contributed by atoms with Crippen molar-refractivity contribution in [2.45, 2.75) is 85.7 Å². The molecule has 0 aromatic carbocycles. The Bertz CT molecular complexity index is 452. The third-order valence-corrected chi connectivity index (χ3v) is 6.76. The summed E-state index contributed by atoms with van der Waals surface area (Å²) in [7, 11) is 0. The normalized spacial score (nSPS) is 25.0. The number of aryl methyl sites for hydroxylation is 2. The minimum atomic E-state index is 0.496. The number of hydrogen-bond donors (Lipinski definition) is 1. The van der Waals surface area contributed by atoms with E-state index in [1.165, 1.54) is 47.4 Å². The van der Waals surface area contributed by atoms with E-state index in [9.17, 15) is 0 Å². The van der Waals surface area contributed by atoms with Crippen molar-refractivity contribution < 1.29 is 0 Å². The molecule has 1 aromatic rings. The van der Waals surface area contributed by atoms with Crippen LogP contribution in [0.2, 0.25) is 0 Å². The van der Waals surface area contributed by atoms with Crippen LogP contribution in [0.1, 0.15) is 81.2 Å². The molecule has 0 amide bonds. The highest BCUT2D eigenvalue weighted by atomic mass is 32.1. The van der Waals surface area contributed by atoms with E-state index in [4.69, 9.17) is 0 Å². The van der Waals surface area contributed by atoms with E-state index < -0.39 is 0 Å². The van der Waals surface area contributed by atoms with E-state index in [0.29, 0.717) is 17.5 Å². The summed E-state index contributed by atoms with van der Waals surface area (Å²) in [5.74, 6) is 0.918. The van der Waals surface area contributed by atoms with E-state index in [1.54, 1.807) is 0 Å². The Morgan fingerprint density at radius 1 is 1.24 bits per heavy atom. The second-order valence-electron chi connectivity index (χ2n) is 7.65. The van der Waals surface area contributed by atoms with E-state index in [1.807, 2.05) is 11.3 Å². The molecule has 1 aliphatic rings. The van der Waals surface area contributed by atoms with Gasteiger partial charge in [-0.1, -0.05) is 27.2 Å². The largest absolute Gasteiger partial charge is 0.307 e. The van der Waals surface area contributed by atoms with E-state index in [-0.39, 0.29) is 0 Å². The molecule has 1 atom stereocenters. The lowest BCUT2D eigenvalue weighted by Crippen LogP contribution is -2.38. The van der Waals surface area contributed by atoms with Crippen LogP contribution in [0.4, 0.5) is 0 Å². The second-order valence-corrected chi connectivity index (χ2v) is 9.11. The van der Waals surface area contributed by atoms with Crippen molar-refractivity contribution in [2.24, 2.45) is 11.3 Å². The summed E-state index contributed by atoms with van der Waals surface area (Å²) in [5.41, 5.74) is 2.03. The lowest BCUT2D eigenvalue weighted by Gasteiger charge is -2.39. The monoisotopic (exact) mass is 307 g/mol. The summed E-state index contributed by atoms with van der Waals surface area (Å²) in [6.45, 7) is 14.0. The summed E-state index contributed by atoms with van der Waals surface area (Å²) in [5, 5.41) is 3.89. The molecule has 0 radical (unpaired) electrons. The van der Waals surface area contributed by atoms with Gasteiger partial charge in [-0.2, -0.15) is 0 Å². The Hall–Kier alpha value is -0.340. The quantitative estimate of drug-likeness (QED) is 0.702. The molecule has 0 bridgehead atoms. The molecule has 0 spiro atoms. The van der Waals surface area contributed by atoms with E-state index in [0.717, 1.165) is 5.92 Å². The molecule has 1 heterocycles. The Labute approximate surface area is 135 Å². The number of hydrogen-bond acceptors (Lipinski definition) is 2. The lowest BCUT2D eigenvalue weighted by atomic mass is 9.69. The van der Waals surface area contributed by atoms with Gasteiger partial charge in [0.05, 0.1) is 0 Å². The molecule has 1 aliphatic carbocycles. The van der Waals surface area contributed by atoms with Gasteiger partial charge in [0.25, 0.3) is 0 Å². The van der Waals surface area contributed by atoms with Crippen LogP contribution in [0.5, 0.6) is 0 Å². The zero-order chi connectivity index (χ0) is 15.6. The number of rotatable bonds is 5. The topological polar surface area (TPSA) is 12.0 Å². The molecule has 21 heavy (non-hydrogen) atoms. The van der Waals surface area contributed by atoms with Gasteiger partial charge in [-0.25, -0.2) is 0 Å². The highest BCUT2D eigenvalue weighted by molar-refractivity contribution is 7.12. The smallest absolute Gasteiger partial charge is 0.0305 e. The Morgan fingerprint density at radius 3 is 2.33 bits per heavy atom. The summed E-state index contributed by atoms with van der Waals surface area (Å²) < 4.78 is 0. The van der Waals surface area contributed by atoms with Gasteiger partial charge >= 0.3 is 0 Å². The van der Waals surface area contributed by atoms with Crippen molar-refractivity contribution in [3.8, 4) is 0 Å². The van der Waals surface area contributed by atoms with Crippen LogP contribution in [0.3, 0.4) is 0 Å². The molecule has 0 aliphatic heterocycles. The average molecular weight is 308 g/mol. The number of thiophene rings is 1. The molecule has 0 saturated heterocycles. The molecular weight excluding hydrogens is 274 g/mol. The van der Waals surface area contributed by atoms with Gasteiger partial charge < -0.3 is 5.32 Å². The van der Waals surface area contributed by atoms with Gasteiger partial charge in [-0.3, -0.25) is 0 Å². The van der Waals surface area contributed by atoms with Gasteiger partial charge in [-0.05, 0) is 69.4 Å². The Balaban J connectivity index is 1.87. The first kappa shape index (κ1) is 17.0. The maximum absolute atomic E-state index is 3.89. The van der Waals surface area contributed by atoms with Crippen LogP contribution in [0.15, 0.2) is 6.07 Å². The highest BCUT2D eigenvalue weighted by Crippen LogP contribution is 2.40. The lowest BCUT2D eigenvalue weighted by molar-refractivity contribution is 0.134. The zero-order valence-corrected chi connectivity index (χ0v) is 15.6. The molecule has 120 valence electrons. The molecule has 1 unspecified atom stereocenters. The van der Waals surface area contributed by atoms with Crippen molar-refractivity contribution in [1.29, 1.82) is 0 Å². The molecule has 1 fully saturated rings. The molecule has 1 aromatic heterocycles.